The van der Waals surface area contributed by atoms with Gasteiger partial charge in [-0.15, -0.1) is 24.0 Å². The number of anilines is 1. The lowest BCUT2D eigenvalue weighted by molar-refractivity contribution is 0.112. The van der Waals surface area contributed by atoms with E-state index >= 15 is 0 Å². The van der Waals surface area contributed by atoms with Gasteiger partial charge in [0.1, 0.15) is 0 Å². The third kappa shape index (κ3) is 6.48. The number of aliphatic imine (C=N–C) groups is 1. The number of hydrogen-bond donors (Lipinski definition) is 3. The standard InChI is InChI=1S/C21H28N4O.HI/c1-2-16-6-5-9-19(12-16)24-21(22)23-13-20(26)15-25-11-10-17-7-3-4-8-18(17)14-25;/h3-9,12,20,26H,2,10-11,13-15H2,1H3,(H3,22,23,24);1H. The van der Waals surface area contributed by atoms with E-state index in [0.717, 1.165) is 31.6 Å². The van der Waals surface area contributed by atoms with E-state index in [1.165, 1.54) is 16.7 Å². The van der Waals surface area contributed by atoms with Crippen molar-refractivity contribution in [3.05, 3.63) is 65.2 Å². The molecule has 27 heavy (non-hydrogen) atoms. The van der Waals surface area contributed by atoms with Crippen LogP contribution in [0.1, 0.15) is 23.6 Å². The predicted molar refractivity (Wildman–Crippen MR) is 123 cm³/mol. The van der Waals surface area contributed by atoms with Gasteiger partial charge >= 0.3 is 0 Å². The first-order valence-electron chi connectivity index (χ1n) is 9.27. The smallest absolute Gasteiger partial charge is 0.193 e. The number of nitrogens with two attached hydrogens (primary N) is 1. The zero-order chi connectivity index (χ0) is 18.4. The molecule has 0 spiro atoms. The minimum atomic E-state index is -0.525. The number of aliphatic hydroxyl groups is 1. The second-order valence-electron chi connectivity index (χ2n) is 6.81. The van der Waals surface area contributed by atoms with E-state index in [2.05, 4.69) is 58.5 Å². The molecule has 6 heteroatoms. The molecule has 3 rings (SSSR count). The van der Waals surface area contributed by atoms with Crippen LogP contribution in [0.5, 0.6) is 0 Å². The Morgan fingerprint density at radius 1 is 1.22 bits per heavy atom. The van der Waals surface area contributed by atoms with Crippen molar-refractivity contribution in [2.75, 3.05) is 25.0 Å². The fourth-order valence-electron chi connectivity index (χ4n) is 3.33. The van der Waals surface area contributed by atoms with Crippen molar-refractivity contribution < 1.29 is 5.11 Å². The lowest BCUT2D eigenvalue weighted by Gasteiger charge is -2.30. The van der Waals surface area contributed by atoms with Gasteiger partial charge in [0.2, 0.25) is 0 Å². The SMILES string of the molecule is CCc1cccc(NC(N)=NCC(O)CN2CCc3ccccc3C2)c1.I. The van der Waals surface area contributed by atoms with Crippen LogP contribution in [0.2, 0.25) is 0 Å². The van der Waals surface area contributed by atoms with Crippen molar-refractivity contribution in [1.29, 1.82) is 0 Å². The number of nitrogens with zero attached hydrogens (tertiary/aromatic N) is 2. The van der Waals surface area contributed by atoms with Crippen LogP contribution < -0.4 is 11.1 Å². The Hall–Kier alpha value is -1.64. The molecular formula is C21H29IN4O. The minimum Gasteiger partial charge on any atom is -0.390 e. The molecule has 0 bridgehead atoms. The van der Waals surface area contributed by atoms with Crippen molar-refractivity contribution in [3.8, 4) is 0 Å². The summed E-state index contributed by atoms with van der Waals surface area (Å²) < 4.78 is 0. The number of guanidine groups is 1. The van der Waals surface area contributed by atoms with Crippen LogP contribution in [0, 0.1) is 0 Å². The number of halogens is 1. The molecule has 5 nitrogen and oxygen atoms in total. The van der Waals surface area contributed by atoms with Crippen LogP contribution in [0.3, 0.4) is 0 Å². The van der Waals surface area contributed by atoms with Crippen LogP contribution >= 0.6 is 24.0 Å². The van der Waals surface area contributed by atoms with Gasteiger partial charge in [0.15, 0.2) is 5.96 Å². The van der Waals surface area contributed by atoms with Gasteiger partial charge in [-0.05, 0) is 41.7 Å². The number of aryl methyl sites for hydroxylation is 1. The van der Waals surface area contributed by atoms with E-state index in [-0.39, 0.29) is 24.0 Å². The molecule has 0 fully saturated rings. The second-order valence-corrected chi connectivity index (χ2v) is 6.81. The largest absolute Gasteiger partial charge is 0.390 e. The van der Waals surface area contributed by atoms with Gasteiger partial charge in [-0.2, -0.15) is 0 Å². The van der Waals surface area contributed by atoms with Crippen molar-refractivity contribution in [2.24, 2.45) is 10.7 Å². The monoisotopic (exact) mass is 480 g/mol. The Labute approximate surface area is 178 Å². The lowest BCUT2D eigenvalue weighted by Crippen LogP contribution is -2.38. The lowest BCUT2D eigenvalue weighted by atomic mass is 10.00. The average Bonchev–Trinajstić information content (AvgIpc) is 2.66. The Kier molecular flexibility index (Phi) is 8.53. The normalized spacial score (nSPS) is 15.6. The number of benzene rings is 2. The summed E-state index contributed by atoms with van der Waals surface area (Å²) in [5, 5.41) is 13.4. The third-order valence-corrected chi connectivity index (χ3v) is 4.76. The molecule has 0 amide bonds. The van der Waals surface area contributed by atoms with Crippen molar-refractivity contribution >= 4 is 35.6 Å². The maximum atomic E-state index is 10.3. The van der Waals surface area contributed by atoms with E-state index in [1.807, 2.05) is 12.1 Å². The summed E-state index contributed by atoms with van der Waals surface area (Å²) in [6.07, 6.45) is 1.48. The third-order valence-electron chi connectivity index (χ3n) is 4.76. The van der Waals surface area contributed by atoms with Crippen molar-refractivity contribution in [1.82, 2.24) is 4.90 Å². The quantitative estimate of drug-likeness (QED) is 0.338. The fourth-order valence-corrected chi connectivity index (χ4v) is 3.33. The number of hydrogen-bond acceptors (Lipinski definition) is 3. The predicted octanol–water partition coefficient (Wildman–Crippen LogP) is 3.01. The molecule has 1 aliphatic rings. The number of nitrogens with one attached hydrogen (secondary N) is 1. The Bertz CT molecular complexity index is 765. The van der Waals surface area contributed by atoms with Gasteiger partial charge < -0.3 is 16.2 Å². The molecule has 0 aromatic heterocycles. The molecule has 2 aromatic carbocycles. The van der Waals surface area contributed by atoms with Gasteiger partial charge in [0.05, 0.1) is 12.6 Å². The second kappa shape index (κ2) is 10.6. The van der Waals surface area contributed by atoms with E-state index in [1.54, 1.807) is 0 Å². The number of β-amino-alcohol motifs (C(OH)–C–C–N with tert-alkyl or cyclic N) is 1. The highest BCUT2D eigenvalue weighted by atomic mass is 127. The van der Waals surface area contributed by atoms with E-state index in [9.17, 15) is 5.11 Å². The van der Waals surface area contributed by atoms with E-state index < -0.39 is 6.10 Å². The van der Waals surface area contributed by atoms with Gasteiger partial charge in [-0.3, -0.25) is 9.89 Å². The highest BCUT2D eigenvalue weighted by Crippen LogP contribution is 2.18. The average molecular weight is 480 g/mol. The summed E-state index contributed by atoms with van der Waals surface area (Å²) in [4.78, 5) is 6.57. The molecule has 1 atom stereocenters. The Morgan fingerprint density at radius 3 is 2.78 bits per heavy atom. The topological polar surface area (TPSA) is 73.9 Å². The molecule has 0 saturated carbocycles. The van der Waals surface area contributed by atoms with E-state index in [4.69, 9.17) is 5.73 Å². The Morgan fingerprint density at radius 2 is 2.00 bits per heavy atom. The van der Waals surface area contributed by atoms with Crippen molar-refractivity contribution in [2.45, 2.75) is 32.4 Å². The van der Waals surface area contributed by atoms with Crippen LogP contribution in [0.25, 0.3) is 0 Å². The molecule has 0 aliphatic carbocycles. The molecular weight excluding hydrogens is 451 g/mol. The first kappa shape index (κ1) is 21.7. The zero-order valence-corrected chi connectivity index (χ0v) is 18.1. The molecule has 4 N–H and O–H groups in total. The molecule has 0 saturated heterocycles. The van der Waals surface area contributed by atoms with Gasteiger partial charge in [-0.1, -0.05) is 43.3 Å². The summed E-state index contributed by atoms with van der Waals surface area (Å²) in [5.41, 5.74) is 10.9. The fraction of sp³-hybridized carbons (Fsp3) is 0.381. The zero-order valence-electron chi connectivity index (χ0n) is 15.8. The summed E-state index contributed by atoms with van der Waals surface area (Å²) in [6.45, 7) is 4.87. The van der Waals surface area contributed by atoms with E-state index in [0.29, 0.717) is 19.0 Å². The molecule has 146 valence electrons. The maximum Gasteiger partial charge on any atom is 0.193 e. The summed E-state index contributed by atoms with van der Waals surface area (Å²) in [6, 6.07) is 16.6. The van der Waals surface area contributed by atoms with Gasteiger partial charge in [0, 0.05) is 25.3 Å². The summed E-state index contributed by atoms with van der Waals surface area (Å²) in [7, 11) is 0. The number of fused-ring (bicyclic) bond motifs is 1. The van der Waals surface area contributed by atoms with Crippen LogP contribution in [0.15, 0.2) is 53.5 Å². The van der Waals surface area contributed by atoms with Gasteiger partial charge in [-0.25, -0.2) is 0 Å². The highest BCUT2D eigenvalue weighted by Gasteiger charge is 2.18. The van der Waals surface area contributed by atoms with Gasteiger partial charge in [0.25, 0.3) is 0 Å². The molecule has 1 heterocycles. The molecule has 1 aliphatic heterocycles. The maximum absolute atomic E-state index is 10.3. The number of aliphatic hydroxyl groups excluding tert-OH is 1. The summed E-state index contributed by atoms with van der Waals surface area (Å²) in [5.74, 6) is 0.335. The van der Waals surface area contributed by atoms with Crippen LogP contribution in [-0.2, 0) is 19.4 Å². The number of rotatable bonds is 6. The van der Waals surface area contributed by atoms with Crippen LogP contribution in [0.4, 0.5) is 5.69 Å². The minimum absolute atomic E-state index is 0. The molecule has 1 unspecified atom stereocenters. The highest BCUT2D eigenvalue weighted by molar-refractivity contribution is 14.0. The van der Waals surface area contributed by atoms with Crippen molar-refractivity contribution in [3.63, 3.8) is 0 Å². The first-order chi connectivity index (χ1) is 12.6. The van der Waals surface area contributed by atoms with Crippen LogP contribution in [-0.4, -0.2) is 41.7 Å². The summed E-state index contributed by atoms with van der Waals surface area (Å²) >= 11 is 0. The molecule has 2 aromatic rings. The first-order valence-corrected chi connectivity index (χ1v) is 9.27. The molecule has 0 radical (unpaired) electrons. The Balaban J connectivity index is 0.00000261.